The topological polar surface area (TPSA) is 92.2 Å². The van der Waals surface area contributed by atoms with Crippen LogP contribution >= 0.6 is 0 Å². The summed E-state index contributed by atoms with van der Waals surface area (Å²) >= 11 is 0. The fraction of sp³-hybridized carbons (Fsp3) is 0.375. The van der Waals surface area contributed by atoms with Gasteiger partial charge in [0.05, 0.1) is 12.0 Å². The largest absolute Gasteiger partial charge is 0.445 e. The van der Waals surface area contributed by atoms with Gasteiger partial charge in [-0.2, -0.15) is 5.26 Å². The van der Waals surface area contributed by atoms with Crippen molar-refractivity contribution in [3.63, 3.8) is 0 Å². The summed E-state index contributed by atoms with van der Waals surface area (Å²) in [4.78, 5) is 14.0. The molecule has 1 aromatic heterocycles. The van der Waals surface area contributed by atoms with E-state index in [9.17, 15) is 4.79 Å². The number of piperidine rings is 1. The number of rotatable bonds is 3. The van der Waals surface area contributed by atoms with E-state index in [1.807, 2.05) is 30.3 Å². The average molecular weight is 312 g/mol. The minimum absolute atomic E-state index is 0.134. The van der Waals surface area contributed by atoms with Crippen LogP contribution in [0.15, 0.2) is 41.1 Å². The van der Waals surface area contributed by atoms with Gasteiger partial charge in [-0.25, -0.2) is 4.79 Å². The number of likely N-dealkylation sites (tertiary alicyclic amines) is 1. The molecule has 1 aliphatic heterocycles. The van der Waals surface area contributed by atoms with E-state index in [4.69, 9.17) is 14.4 Å². The zero-order valence-corrected chi connectivity index (χ0v) is 12.5. The number of benzene rings is 1. The number of ether oxygens (including phenoxy) is 1. The third-order valence-electron chi connectivity index (χ3n) is 3.89. The Labute approximate surface area is 133 Å². The van der Waals surface area contributed by atoms with Crippen molar-refractivity contribution in [2.75, 3.05) is 6.54 Å². The molecule has 0 bridgehead atoms. The normalized spacial score (nSPS) is 20.7. The molecule has 0 radical (unpaired) electrons. The molecule has 0 saturated carbocycles. The van der Waals surface area contributed by atoms with E-state index in [0.29, 0.717) is 25.3 Å². The van der Waals surface area contributed by atoms with Gasteiger partial charge in [-0.3, -0.25) is 4.90 Å². The molecule has 0 spiro atoms. The van der Waals surface area contributed by atoms with E-state index in [0.717, 1.165) is 5.56 Å². The lowest BCUT2D eigenvalue weighted by Crippen LogP contribution is -2.41. The number of nitriles is 1. The first kappa shape index (κ1) is 15.0. The Morgan fingerprint density at radius 3 is 2.96 bits per heavy atom. The van der Waals surface area contributed by atoms with E-state index in [2.05, 4.69) is 16.3 Å². The molecule has 118 valence electrons. The molecule has 1 aliphatic rings. The first-order valence-electron chi connectivity index (χ1n) is 7.41. The highest BCUT2D eigenvalue weighted by atomic mass is 16.6. The highest BCUT2D eigenvalue weighted by molar-refractivity contribution is 5.68. The molecule has 7 nitrogen and oxygen atoms in total. The van der Waals surface area contributed by atoms with Crippen molar-refractivity contribution in [1.29, 1.82) is 5.26 Å². The van der Waals surface area contributed by atoms with Crippen LogP contribution in [0, 0.1) is 17.2 Å². The summed E-state index contributed by atoms with van der Waals surface area (Å²) in [7, 11) is 0. The fourth-order valence-corrected chi connectivity index (χ4v) is 2.66. The van der Waals surface area contributed by atoms with Crippen LogP contribution in [0.4, 0.5) is 4.79 Å². The standard InChI is InChI=1S/C16H16N4O3/c17-9-13-6-7-20(14(8-13)15-19-18-11-23-15)16(21)22-10-12-4-2-1-3-5-12/h1-5,11,13-14H,6-8,10H2. The van der Waals surface area contributed by atoms with Gasteiger partial charge in [0.2, 0.25) is 12.3 Å². The number of carbonyl (C=O) groups excluding carboxylic acids is 1. The number of aromatic nitrogens is 2. The van der Waals surface area contributed by atoms with Gasteiger partial charge in [-0.1, -0.05) is 30.3 Å². The van der Waals surface area contributed by atoms with Crippen molar-refractivity contribution < 1.29 is 13.9 Å². The summed E-state index contributed by atoms with van der Waals surface area (Å²) < 4.78 is 10.6. The molecule has 2 atom stereocenters. The second-order valence-electron chi connectivity index (χ2n) is 5.38. The number of hydrogen-bond acceptors (Lipinski definition) is 6. The quantitative estimate of drug-likeness (QED) is 0.865. The lowest BCUT2D eigenvalue weighted by Gasteiger charge is -2.34. The van der Waals surface area contributed by atoms with Crippen LogP contribution in [-0.2, 0) is 11.3 Å². The number of carbonyl (C=O) groups is 1. The minimum atomic E-state index is -0.437. The van der Waals surface area contributed by atoms with E-state index in [1.165, 1.54) is 6.39 Å². The van der Waals surface area contributed by atoms with Crippen LogP contribution in [0.1, 0.15) is 30.3 Å². The highest BCUT2D eigenvalue weighted by Crippen LogP contribution is 2.33. The van der Waals surface area contributed by atoms with Crippen molar-refractivity contribution in [1.82, 2.24) is 15.1 Å². The lowest BCUT2D eigenvalue weighted by molar-refractivity contribution is 0.0545. The maximum Gasteiger partial charge on any atom is 0.410 e. The van der Waals surface area contributed by atoms with Gasteiger partial charge in [-0.15, -0.1) is 10.2 Å². The van der Waals surface area contributed by atoms with Gasteiger partial charge in [0.15, 0.2) is 0 Å². The molecule has 23 heavy (non-hydrogen) atoms. The summed E-state index contributed by atoms with van der Waals surface area (Å²) in [5.74, 6) is 0.201. The van der Waals surface area contributed by atoms with E-state index in [1.54, 1.807) is 4.90 Å². The molecule has 1 fully saturated rings. The van der Waals surface area contributed by atoms with E-state index < -0.39 is 12.1 Å². The molecule has 1 saturated heterocycles. The lowest BCUT2D eigenvalue weighted by atomic mass is 9.92. The monoisotopic (exact) mass is 312 g/mol. The van der Waals surface area contributed by atoms with Crippen molar-refractivity contribution in [3.05, 3.63) is 48.2 Å². The Bertz CT molecular complexity index is 681. The molecule has 0 aliphatic carbocycles. The predicted molar refractivity (Wildman–Crippen MR) is 78.7 cm³/mol. The van der Waals surface area contributed by atoms with Gasteiger partial charge in [0.25, 0.3) is 0 Å². The Balaban J connectivity index is 1.69. The summed E-state index contributed by atoms with van der Waals surface area (Å²) in [6.07, 6.45) is 1.87. The van der Waals surface area contributed by atoms with Crippen molar-refractivity contribution in [2.24, 2.45) is 5.92 Å². The van der Waals surface area contributed by atoms with Gasteiger partial charge >= 0.3 is 6.09 Å². The van der Waals surface area contributed by atoms with Crippen molar-refractivity contribution in [2.45, 2.75) is 25.5 Å². The van der Waals surface area contributed by atoms with E-state index in [-0.39, 0.29) is 12.5 Å². The Hall–Kier alpha value is -2.88. The van der Waals surface area contributed by atoms with Crippen molar-refractivity contribution in [3.8, 4) is 6.07 Å². The molecule has 1 amide bonds. The zero-order valence-electron chi connectivity index (χ0n) is 12.5. The molecule has 2 aromatic rings. The molecular weight excluding hydrogens is 296 g/mol. The summed E-state index contributed by atoms with van der Waals surface area (Å²) in [5.41, 5.74) is 0.919. The third kappa shape index (κ3) is 3.48. The maximum absolute atomic E-state index is 12.4. The number of amides is 1. The molecule has 2 heterocycles. The number of nitrogens with zero attached hydrogens (tertiary/aromatic N) is 4. The first-order chi connectivity index (χ1) is 11.3. The Kier molecular flexibility index (Phi) is 4.52. The van der Waals surface area contributed by atoms with Gasteiger partial charge in [0.1, 0.15) is 12.6 Å². The summed E-state index contributed by atoms with van der Waals surface area (Å²) in [6, 6.07) is 11.3. The summed E-state index contributed by atoms with van der Waals surface area (Å²) in [6.45, 7) is 0.632. The maximum atomic E-state index is 12.4. The first-order valence-corrected chi connectivity index (χ1v) is 7.41. The van der Waals surface area contributed by atoms with Crippen LogP contribution in [-0.4, -0.2) is 27.7 Å². The smallest absolute Gasteiger partial charge is 0.410 e. The zero-order chi connectivity index (χ0) is 16.1. The predicted octanol–water partition coefficient (Wildman–Crippen LogP) is 2.68. The van der Waals surface area contributed by atoms with Crippen LogP contribution < -0.4 is 0 Å². The number of hydrogen-bond donors (Lipinski definition) is 0. The molecular formula is C16H16N4O3. The molecule has 2 unspecified atom stereocenters. The second kappa shape index (κ2) is 6.92. The van der Waals surface area contributed by atoms with Gasteiger partial charge in [0, 0.05) is 6.54 Å². The SMILES string of the molecule is N#CC1CCN(C(=O)OCc2ccccc2)C(c2nnco2)C1. The van der Waals surface area contributed by atoms with Gasteiger partial charge in [-0.05, 0) is 18.4 Å². The molecule has 0 N–H and O–H groups in total. The Morgan fingerprint density at radius 2 is 2.26 bits per heavy atom. The average Bonchev–Trinajstić information content (AvgIpc) is 3.14. The third-order valence-corrected chi connectivity index (χ3v) is 3.89. The van der Waals surface area contributed by atoms with Crippen LogP contribution in [0.3, 0.4) is 0 Å². The van der Waals surface area contributed by atoms with Crippen LogP contribution in [0.2, 0.25) is 0 Å². The molecule has 7 heteroatoms. The molecule has 1 aromatic carbocycles. The summed E-state index contributed by atoms with van der Waals surface area (Å²) in [5, 5.41) is 16.7. The van der Waals surface area contributed by atoms with E-state index >= 15 is 0 Å². The van der Waals surface area contributed by atoms with Crippen LogP contribution in [0.25, 0.3) is 0 Å². The highest BCUT2D eigenvalue weighted by Gasteiger charge is 2.36. The van der Waals surface area contributed by atoms with Crippen LogP contribution in [0.5, 0.6) is 0 Å². The molecule has 3 rings (SSSR count). The minimum Gasteiger partial charge on any atom is -0.445 e. The van der Waals surface area contributed by atoms with Crippen molar-refractivity contribution >= 4 is 6.09 Å². The fourth-order valence-electron chi connectivity index (χ4n) is 2.66. The van der Waals surface area contributed by atoms with Gasteiger partial charge < -0.3 is 9.15 Å². The second-order valence-corrected chi connectivity index (χ2v) is 5.38. The Morgan fingerprint density at radius 1 is 1.43 bits per heavy atom.